The number of rotatable bonds is 7. The number of hydrogen-bond acceptors (Lipinski definition) is 2. The fourth-order valence-electron chi connectivity index (χ4n) is 2.11. The zero-order valence-corrected chi connectivity index (χ0v) is 10.8. The number of nitrogens with two attached hydrogens (primary N) is 1. The SMILES string of the molecule is NC(CNC(=O)CCCc1ccccc1)C1CC1. The van der Waals surface area contributed by atoms with E-state index in [2.05, 4.69) is 17.4 Å². The Kier molecular flexibility index (Phi) is 4.76. The predicted molar refractivity (Wildman–Crippen MR) is 73.1 cm³/mol. The second kappa shape index (κ2) is 6.55. The Labute approximate surface area is 109 Å². The minimum atomic E-state index is 0.127. The van der Waals surface area contributed by atoms with Crippen molar-refractivity contribution in [3.8, 4) is 0 Å². The lowest BCUT2D eigenvalue weighted by Crippen LogP contribution is -2.38. The maximum absolute atomic E-state index is 11.6. The van der Waals surface area contributed by atoms with Crippen LogP contribution in [-0.4, -0.2) is 18.5 Å². The summed E-state index contributed by atoms with van der Waals surface area (Å²) < 4.78 is 0. The molecule has 0 saturated heterocycles. The van der Waals surface area contributed by atoms with Gasteiger partial charge in [-0.3, -0.25) is 4.79 Å². The third-order valence-corrected chi connectivity index (χ3v) is 3.47. The van der Waals surface area contributed by atoms with E-state index in [9.17, 15) is 4.79 Å². The Balaban J connectivity index is 1.57. The summed E-state index contributed by atoms with van der Waals surface area (Å²) >= 11 is 0. The van der Waals surface area contributed by atoms with Gasteiger partial charge in [-0.2, -0.15) is 0 Å². The van der Waals surface area contributed by atoms with Gasteiger partial charge in [0.15, 0.2) is 0 Å². The first-order chi connectivity index (χ1) is 8.75. The highest BCUT2D eigenvalue weighted by Gasteiger charge is 2.28. The minimum Gasteiger partial charge on any atom is -0.355 e. The Bertz CT molecular complexity index is 373. The molecule has 0 aliphatic heterocycles. The van der Waals surface area contributed by atoms with Gasteiger partial charge in [0, 0.05) is 19.0 Å². The summed E-state index contributed by atoms with van der Waals surface area (Å²) in [6.07, 6.45) is 4.90. The molecule has 0 spiro atoms. The van der Waals surface area contributed by atoms with Gasteiger partial charge >= 0.3 is 0 Å². The van der Waals surface area contributed by atoms with Gasteiger partial charge in [0.1, 0.15) is 0 Å². The highest BCUT2D eigenvalue weighted by atomic mass is 16.1. The smallest absolute Gasteiger partial charge is 0.220 e. The molecule has 1 unspecified atom stereocenters. The summed E-state index contributed by atoms with van der Waals surface area (Å²) in [5.41, 5.74) is 7.22. The topological polar surface area (TPSA) is 55.1 Å². The summed E-state index contributed by atoms with van der Waals surface area (Å²) in [4.78, 5) is 11.6. The Hall–Kier alpha value is -1.35. The van der Waals surface area contributed by atoms with Crippen LogP contribution >= 0.6 is 0 Å². The van der Waals surface area contributed by atoms with E-state index < -0.39 is 0 Å². The van der Waals surface area contributed by atoms with Crippen LogP contribution in [-0.2, 0) is 11.2 Å². The molecule has 1 aromatic carbocycles. The number of amides is 1. The van der Waals surface area contributed by atoms with Crippen molar-refractivity contribution in [2.24, 2.45) is 11.7 Å². The molecule has 3 nitrogen and oxygen atoms in total. The average Bonchev–Trinajstić information content (AvgIpc) is 3.21. The molecule has 3 N–H and O–H groups in total. The van der Waals surface area contributed by atoms with E-state index in [0.717, 1.165) is 12.8 Å². The summed E-state index contributed by atoms with van der Waals surface area (Å²) in [5.74, 6) is 0.775. The lowest BCUT2D eigenvalue weighted by molar-refractivity contribution is -0.121. The molecule has 1 aliphatic carbocycles. The predicted octanol–water partition coefficient (Wildman–Crippen LogP) is 1.86. The minimum absolute atomic E-state index is 0.127. The molecular formula is C15H22N2O. The van der Waals surface area contributed by atoms with Crippen LogP contribution in [0.4, 0.5) is 0 Å². The van der Waals surface area contributed by atoms with Crippen molar-refractivity contribution >= 4 is 5.91 Å². The van der Waals surface area contributed by atoms with Crippen molar-refractivity contribution in [2.45, 2.75) is 38.1 Å². The van der Waals surface area contributed by atoms with Crippen molar-refractivity contribution in [3.05, 3.63) is 35.9 Å². The molecule has 0 heterocycles. The third kappa shape index (κ3) is 4.49. The van der Waals surface area contributed by atoms with E-state index in [-0.39, 0.29) is 11.9 Å². The van der Waals surface area contributed by atoms with Gasteiger partial charge in [-0.25, -0.2) is 0 Å². The first-order valence-electron chi connectivity index (χ1n) is 6.82. The van der Waals surface area contributed by atoms with Crippen LogP contribution in [0.25, 0.3) is 0 Å². The molecule has 18 heavy (non-hydrogen) atoms. The molecule has 3 heteroatoms. The first-order valence-corrected chi connectivity index (χ1v) is 6.82. The number of carbonyl (C=O) groups is 1. The summed E-state index contributed by atoms with van der Waals surface area (Å²) in [6, 6.07) is 10.4. The number of nitrogens with one attached hydrogen (secondary N) is 1. The second-order valence-electron chi connectivity index (χ2n) is 5.14. The third-order valence-electron chi connectivity index (χ3n) is 3.47. The van der Waals surface area contributed by atoms with Crippen molar-refractivity contribution in [3.63, 3.8) is 0 Å². The molecule has 1 amide bonds. The van der Waals surface area contributed by atoms with Gasteiger partial charge < -0.3 is 11.1 Å². The van der Waals surface area contributed by atoms with Gasteiger partial charge in [-0.15, -0.1) is 0 Å². The lowest BCUT2D eigenvalue weighted by Gasteiger charge is -2.11. The van der Waals surface area contributed by atoms with Gasteiger partial charge in [0.05, 0.1) is 0 Å². The fourth-order valence-corrected chi connectivity index (χ4v) is 2.11. The normalized spacial score (nSPS) is 16.3. The zero-order valence-electron chi connectivity index (χ0n) is 10.8. The molecule has 1 aliphatic rings. The van der Waals surface area contributed by atoms with E-state index >= 15 is 0 Å². The number of benzene rings is 1. The molecule has 1 atom stereocenters. The Morgan fingerprint density at radius 2 is 2.06 bits per heavy atom. The highest BCUT2D eigenvalue weighted by Crippen LogP contribution is 2.31. The zero-order chi connectivity index (χ0) is 12.8. The first kappa shape index (κ1) is 13.1. The van der Waals surface area contributed by atoms with Crippen LogP contribution in [0.3, 0.4) is 0 Å². The molecule has 0 radical (unpaired) electrons. The molecule has 0 bridgehead atoms. The van der Waals surface area contributed by atoms with Gasteiger partial charge in [0.2, 0.25) is 5.91 Å². The quantitative estimate of drug-likeness (QED) is 0.771. The average molecular weight is 246 g/mol. The van der Waals surface area contributed by atoms with Crippen molar-refractivity contribution in [1.82, 2.24) is 5.32 Å². The molecule has 0 aromatic heterocycles. The molecule has 1 aromatic rings. The molecule has 1 fully saturated rings. The Morgan fingerprint density at radius 1 is 1.33 bits per heavy atom. The van der Waals surface area contributed by atoms with E-state index in [4.69, 9.17) is 5.73 Å². The summed E-state index contributed by atoms with van der Waals surface area (Å²) in [6.45, 7) is 0.634. The number of carbonyl (C=O) groups excluding carboxylic acids is 1. The monoisotopic (exact) mass is 246 g/mol. The number of hydrogen-bond donors (Lipinski definition) is 2. The molecule has 1 saturated carbocycles. The van der Waals surface area contributed by atoms with Crippen molar-refractivity contribution < 1.29 is 4.79 Å². The van der Waals surface area contributed by atoms with E-state index in [1.165, 1.54) is 18.4 Å². The van der Waals surface area contributed by atoms with E-state index in [1.54, 1.807) is 0 Å². The second-order valence-corrected chi connectivity index (χ2v) is 5.14. The van der Waals surface area contributed by atoms with Crippen LogP contribution in [0.1, 0.15) is 31.2 Å². The summed E-state index contributed by atoms with van der Waals surface area (Å²) in [7, 11) is 0. The van der Waals surface area contributed by atoms with Crippen LogP contribution in [0.2, 0.25) is 0 Å². The standard InChI is InChI=1S/C15H22N2O/c16-14(13-9-10-13)11-17-15(18)8-4-7-12-5-2-1-3-6-12/h1-3,5-6,13-14H,4,7-11,16H2,(H,17,18). The van der Waals surface area contributed by atoms with Crippen LogP contribution < -0.4 is 11.1 Å². The Morgan fingerprint density at radius 3 is 2.72 bits per heavy atom. The van der Waals surface area contributed by atoms with Gasteiger partial charge in [-0.1, -0.05) is 30.3 Å². The maximum atomic E-state index is 11.6. The van der Waals surface area contributed by atoms with Crippen LogP contribution in [0.5, 0.6) is 0 Å². The largest absolute Gasteiger partial charge is 0.355 e. The van der Waals surface area contributed by atoms with Gasteiger partial charge in [0.25, 0.3) is 0 Å². The molecule has 98 valence electrons. The van der Waals surface area contributed by atoms with E-state index in [0.29, 0.717) is 18.9 Å². The van der Waals surface area contributed by atoms with Crippen LogP contribution in [0, 0.1) is 5.92 Å². The van der Waals surface area contributed by atoms with E-state index in [1.807, 2.05) is 18.2 Å². The molecular weight excluding hydrogens is 224 g/mol. The van der Waals surface area contributed by atoms with Crippen molar-refractivity contribution in [2.75, 3.05) is 6.54 Å². The lowest BCUT2D eigenvalue weighted by atomic mass is 10.1. The van der Waals surface area contributed by atoms with Gasteiger partial charge in [-0.05, 0) is 37.2 Å². The van der Waals surface area contributed by atoms with Crippen molar-refractivity contribution in [1.29, 1.82) is 0 Å². The maximum Gasteiger partial charge on any atom is 0.220 e. The summed E-state index contributed by atoms with van der Waals surface area (Å²) in [5, 5.41) is 2.93. The number of aryl methyl sites for hydroxylation is 1. The van der Waals surface area contributed by atoms with Crippen LogP contribution in [0.15, 0.2) is 30.3 Å². The fraction of sp³-hybridized carbons (Fsp3) is 0.533. The highest BCUT2D eigenvalue weighted by molar-refractivity contribution is 5.75. The molecule has 2 rings (SSSR count).